The first-order valence-electron chi connectivity index (χ1n) is 14.9. The molecule has 3 fully saturated rings. The molecular weight excluding hydrogens is 546 g/mol. The molecule has 11 heteroatoms. The third-order valence-corrected chi connectivity index (χ3v) is 8.67. The van der Waals surface area contributed by atoms with E-state index in [9.17, 15) is 24.9 Å². The Morgan fingerprint density at radius 2 is 1.88 bits per heavy atom. The fraction of sp³-hybridized carbons (Fsp3) is 0.742. The normalized spacial score (nSPS) is 34.7. The third-order valence-electron chi connectivity index (χ3n) is 8.67. The molecule has 0 aliphatic carbocycles. The van der Waals surface area contributed by atoms with E-state index in [2.05, 4.69) is 25.7 Å². The minimum Gasteiger partial charge on any atom is -0.478 e. The molecule has 3 rings (SSSR count). The first-order valence-corrected chi connectivity index (χ1v) is 14.9. The molecule has 238 valence electrons. The van der Waals surface area contributed by atoms with Crippen LogP contribution in [0.5, 0.6) is 0 Å². The van der Waals surface area contributed by atoms with Gasteiger partial charge in [0, 0.05) is 24.8 Å². The minimum atomic E-state index is -2.10. The third kappa shape index (κ3) is 9.19. The van der Waals surface area contributed by atoms with Gasteiger partial charge in [-0.3, -0.25) is 4.79 Å². The van der Waals surface area contributed by atoms with Gasteiger partial charge in [-0.15, -0.1) is 0 Å². The van der Waals surface area contributed by atoms with Crippen LogP contribution in [0, 0.1) is 11.3 Å². The number of fused-ring (bicyclic) bond motifs is 1. The Bertz CT molecular complexity index is 996. The average molecular weight is 596 g/mol. The van der Waals surface area contributed by atoms with Crippen molar-refractivity contribution in [1.82, 2.24) is 5.32 Å². The summed E-state index contributed by atoms with van der Waals surface area (Å²) in [4.78, 5) is 23.5. The number of carboxylic acid groups (broad SMARTS) is 1. The Morgan fingerprint density at radius 3 is 2.57 bits per heavy atom. The first kappa shape index (κ1) is 34.4. The number of aliphatic hydroxyl groups excluding tert-OH is 2. The van der Waals surface area contributed by atoms with Crippen molar-refractivity contribution in [3.05, 3.63) is 36.5 Å². The smallest absolute Gasteiger partial charge is 0.328 e. The van der Waals surface area contributed by atoms with Crippen LogP contribution in [0.1, 0.15) is 79.1 Å². The molecule has 3 heterocycles. The van der Waals surface area contributed by atoms with Crippen LogP contribution in [0.15, 0.2) is 36.5 Å². The second-order valence-electron chi connectivity index (χ2n) is 12.5. The van der Waals surface area contributed by atoms with Crippen molar-refractivity contribution in [1.29, 1.82) is 0 Å². The summed E-state index contributed by atoms with van der Waals surface area (Å²) in [5.41, 5.74) is 0.382. The predicted molar refractivity (Wildman–Crippen MR) is 154 cm³/mol. The lowest BCUT2D eigenvalue weighted by Gasteiger charge is -2.50. The lowest BCUT2D eigenvalue weighted by Crippen LogP contribution is -2.65. The molecule has 3 aliphatic heterocycles. The van der Waals surface area contributed by atoms with Crippen molar-refractivity contribution in [2.24, 2.45) is 11.3 Å². The van der Waals surface area contributed by atoms with Crippen molar-refractivity contribution in [3.8, 4) is 0 Å². The standard InChI is InChI=1S/C31H49NO10/c1-19-16-31(38,42-21(3)20(19)2)27(36)28(37)32-29-26-23(39-18-40-29)17-30(4,5)24(41-26)15-22(33)13-11-9-7-6-8-10-12-14-25(34)35/h8,10,12,14,20-24,26-27,29,33,36,38H,1,6-7,9,11,13,15-18H2,2-5H3,(H,32,37)(H,34,35)/b10-8+,14-12+/t20-,21-,22-,23-,24-,26+,27-,29+,31-/m1/s1. The van der Waals surface area contributed by atoms with Gasteiger partial charge in [-0.25, -0.2) is 4.79 Å². The number of allylic oxidation sites excluding steroid dienone is 3. The molecule has 3 saturated heterocycles. The summed E-state index contributed by atoms with van der Waals surface area (Å²) in [5, 5.41) is 43.8. The Kier molecular flexibility index (Phi) is 12.3. The van der Waals surface area contributed by atoms with E-state index >= 15 is 0 Å². The van der Waals surface area contributed by atoms with E-state index in [0.29, 0.717) is 24.8 Å². The summed E-state index contributed by atoms with van der Waals surface area (Å²) in [6.45, 7) is 11.7. The Hall–Kier alpha value is -2.12. The highest BCUT2D eigenvalue weighted by Gasteiger charge is 2.52. The number of aliphatic carboxylic acids is 1. The van der Waals surface area contributed by atoms with Crippen LogP contribution in [-0.4, -0.2) is 87.7 Å². The van der Waals surface area contributed by atoms with Gasteiger partial charge in [0.1, 0.15) is 12.9 Å². The molecule has 1 amide bonds. The molecule has 3 aliphatic rings. The summed E-state index contributed by atoms with van der Waals surface area (Å²) in [5.74, 6) is -3.95. The molecule has 11 nitrogen and oxygen atoms in total. The number of ether oxygens (including phenoxy) is 4. The van der Waals surface area contributed by atoms with E-state index in [0.717, 1.165) is 31.8 Å². The second kappa shape index (κ2) is 15.1. The summed E-state index contributed by atoms with van der Waals surface area (Å²) in [6.07, 6.45) is 6.19. The van der Waals surface area contributed by atoms with Crippen molar-refractivity contribution in [2.75, 3.05) is 6.79 Å². The summed E-state index contributed by atoms with van der Waals surface area (Å²) < 4.78 is 23.5. The van der Waals surface area contributed by atoms with Crippen molar-refractivity contribution in [2.45, 2.75) is 128 Å². The molecule has 0 aromatic rings. The molecule has 0 spiro atoms. The molecule has 5 N–H and O–H groups in total. The van der Waals surface area contributed by atoms with E-state index in [1.807, 2.05) is 13.0 Å². The number of carbonyl (C=O) groups is 2. The number of unbranched alkanes of at least 4 members (excludes halogenated alkanes) is 3. The molecule has 42 heavy (non-hydrogen) atoms. The molecule has 0 radical (unpaired) electrons. The fourth-order valence-corrected chi connectivity index (χ4v) is 5.81. The highest BCUT2D eigenvalue weighted by Crippen LogP contribution is 2.42. The number of carboxylic acids is 1. The summed E-state index contributed by atoms with van der Waals surface area (Å²) in [7, 11) is 0. The number of rotatable bonds is 13. The van der Waals surface area contributed by atoms with Crippen LogP contribution in [0.3, 0.4) is 0 Å². The SMILES string of the molecule is C=C1C[C@](O)([C@H](O)C(=O)N[C@H]2OCO[C@@H]3CC(C)(C)[C@@H](C[C@H](O)CCCCC/C=C/C=C/C(=O)O)O[C@@H]32)O[C@H](C)[C@@H]1C. The Labute approximate surface area is 248 Å². The number of amides is 1. The fourth-order valence-electron chi connectivity index (χ4n) is 5.81. The van der Waals surface area contributed by atoms with E-state index < -0.39 is 48.3 Å². The molecule has 0 unspecified atom stereocenters. The zero-order valence-corrected chi connectivity index (χ0v) is 25.2. The monoisotopic (exact) mass is 595 g/mol. The number of hydrogen-bond acceptors (Lipinski definition) is 9. The topological polar surface area (TPSA) is 164 Å². The maximum absolute atomic E-state index is 13.1. The Morgan fingerprint density at radius 1 is 1.14 bits per heavy atom. The number of hydrogen-bond donors (Lipinski definition) is 5. The summed E-state index contributed by atoms with van der Waals surface area (Å²) in [6, 6.07) is 0. The highest BCUT2D eigenvalue weighted by molar-refractivity contribution is 5.82. The molecular formula is C31H49NO10. The van der Waals surface area contributed by atoms with Gasteiger partial charge in [0.2, 0.25) is 5.79 Å². The van der Waals surface area contributed by atoms with Crippen LogP contribution < -0.4 is 5.32 Å². The maximum atomic E-state index is 13.1. The van der Waals surface area contributed by atoms with Gasteiger partial charge in [0.25, 0.3) is 5.91 Å². The van der Waals surface area contributed by atoms with Crippen LogP contribution >= 0.6 is 0 Å². The minimum absolute atomic E-state index is 0.0249. The van der Waals surface area contributed by atoms with E-state index in [1.165, 1.54) is 6.08 Å². The highest BCUT2D eigenvalue weighted by atomic mass is 16.7. The maximum Gasteiger partial charge on any atom is 0.328 e. The largest absolute Gasteiger partial charge is 0.478 e. The number of carbonyl (C=O) groups excluding carboxylic acids is 1. The lowest BCUT2D eigenvalue weighted by molar-refractivity contribution is -0.303. The van der Waals surface area contributed by atoms with Crippen molar-refractivity contribution < 1.29 is 49.0 Å². The zero-order chi connectivity index (χ0) is 31.1. The molecule has 0 bridgehead atoms. The van der Waals surface area contributed by atoms with Gasteiger partial charge in [-0.05, 0) is 38.0 Å². The lowest BCUT2D eigenvalue weighted by atomic mass is 9.74. The zero-order valence-electron chi connectivity index (χ0n) is 25.2. The van der Waals surface area contributed by atoms with Gasteiger partial charge < -0.3 is 44.7 Å². The molecule has 0 aromatic heterocycles. The van der Waals surface area contributed by atoms with Gasteiger partial charge in [-0.1, -0.05) is 64.0 Å². The predicted octanol–water partition coefficient (Wildman–Crippen LogP) is 2.93. The number of nitrogens with one attached hydrogen (secondary N) is 1. The van der Waals surface area contributed by atoms with Gasteiger partial charge in [0.05, 0.1) is 24.4 Å². The van der Waals surface area contributed by atoms with E-state index in [4.69, 9.17) is 24.1 Å². The van der Waals surface area contributed by atoms with E-state index in [-0.39, 0.29) is 36.8 Å². The van der Waals surface area contributed by atoms with Gasteiger partial charge in [-0.2, -0.15) is 0 Å². The second-order valence-corrected chi connectivity index (χ2v) is 12.5. The van der Waals surface area contributed by atoms with Crippen LogP contribution in [-0.2, 0) is 28.5 Å². The van der Waals surface area contributed by atoms with Gasteiger partial charge >= 0.3 is 5.97 Å². The van der Waals surface area contributed by atoms with Crippen molar-refractivity contribution >= 4 is 11.9 Å². The molecule has 9 atom stereocenters. The van der Waals surface area contributed by atoms with E-state index in [1.54, 1.807) is 13.0 Å². The Balaban J connectivity index is 1.52. The summed E-state index contributed by atoms with van der Waals surface area (Å²) >= 11 is 0. The van der Waals surface area contributed by atoms with Crippen LogP contribution in [0.2, 0.25) is 0 Å². The molecule has 0 aromatic carbocycles. The van der Waals surface area contributed by atoms with Crippen LogP contribution in [0.4, 0.5) is 0 Å². The van der Waals surface area contributed by atoms with Gasteiger partial charge in [0.15, 0.2) is 12.3 Å². The van der Waals surface area contributed by atoms with Crippen molar-refractivity contribution in [3.63, 3.8) is 0 Å². The number of aliphatic hydroxyl groups is 3. The molecule has 0 saturated carbocycles. The average Bonchev–Trinajstić information content (AvgIpc) is 2.90. The first-order chi connectivity index (χ1) is 19.7. The van der Waals surface area contributed by atoms with Crippen LogP contribution in [0.25, 0.3) is 0 Å². The quantitative estimate of drug-likeness (QED) is 0.0926.